The van der Waals surface area contributed by atoms with Crippen molar-refractivity contribution in [3.63, 3.8) is 0 Å². The number of benzene rings is 1. The summed E-state index contributed by atoms with van der Waals surface area (Å²) < 4.78 is 5.12. The highest BCUT2D eigenvalue weighted by molar-refractivity contribution is 5.82. The van der Waals surface area contributed by atoms with Crippen molar-refractivity contribution in [3.05, 3.63) is 53.7 Å². The van der Waals surface area contributed by atoms with Gasteiger partial charge in [-0.2, -0.15) is 0 Å². The number of aromatic nitrogens is 1. The lowest BCUT2D eigenvalue weighted by atomic mass is 10.1. The van der Waals surface area contributed by atoms with Crippen LogP contribution in [0.3, 0.4) is 0 Å². The first-order valence-corrected chi connectivity index (χ1v) is 6.76. The van der Waals surface area contributed by atoms with Gasteiger partial charge in [-0.3, -0.25) is 0 Å². The Bertz CT molecular complexity index is 672. The Labute approximate surface area is 122 Å². The molecule has 0 radical (unpaired) electrons. The molecule has 1 aliphatic rings. The Morgan fingerprint density at radius 3 is 2.90 bits per heavy atom. The number of carboxylic acids is 1. The number of rotatable bonds is 4. The average molecular weight is 284 g/mol. The van der Waals surface area contributed by atoms with Crippen molar-refractivity contribution in [2.24, 2.45) is 0 Å². The monoisotopic (exact) mass is 284 g/mol. The third kappa shape index (κ3) is 2.54. The Kier molecular flexibility index (Phi) is 3.48. The van der Waals surface area contributed by atoms with Crippen LogP contribution in [0.1, 0.15) is 11.3 Å². The van der Waals surface area contributed by atoms with Crippen LogP contribution in [-0.2, 0) is 17.8 Å². The number of methoxy groups -OCH3 is 1. The molecule has 5 heteroatoms. The van der Waals surface area contributed by atoms with Crippen molar-refractivity contribution < 1.29 is 14.6 Å². The predicted molar refractivity (Wildman–Crippen MR) is 78.5 cm³/mol. The fourth-order valence-electron chi connectivity index (χ4n) is 2.70. The van der Waals surface area contributed by atoms with Gasteiger partial charge in [0, 0.05) is 18.2 Å². The normalized spacial score (nSPS) is 16.6. The molecule has 0 amide bonds. The Hall–Kier alpha value is -2.56. The number of aliphatic carboxylic acids is 1. The van der Waals surface area contributed by atoms with Crippen LogP contribution in [-0.4, -0.2) is 29.2 Å². The summed E-state index contributed by atoms with van der Waals surface area (Å²) in [6.07, 6.45) is 0.523. The first-order chi connectivity index (χ1) is 10.2. The third-order valence-corrected chi connectivity index (χ3v) is 3.70. The number of para-hydroxylation sites is 1. The smallest absolute Gasteiger partial charge is 0.326 e. The van der Waals surface area contributed by atoms with Crippen LogP contribution < -0.4 is 9.64 Å². The first kappa shape index (κ1) is 13.4. The Morgan fingerprint density at radius 1 is 1.33 bits per heavy atom. The van der Waals surface area contributed by atoms with Gasteiger partial charge in [0.25, 0.3) is 0 Å². The van der Waals surface area contributed by atoms with Crippen molar-refractivity contribution in [2.45, 2.75) is 19.0 Å². The van der Waals surface area contributed by atoms with Gasteiger partial charge in [-0.15, -0.1) is 0 Å². The van der Waals surface area contributed by atoms with Crippen molar-refractivity contribution in [2.75, 3.05) is 12.0 Å². The zero-order valence-corrected chi connectivity index (χ0v) is 11.7. The lowest BCUT2D eigenvalue weighted by Crippen LogP contribution is -2.38. The molecular weight excluding hydrogens is 268 g/mol. The number of pyridine rings is 1. The van der Waals surface area contributed by atoms with Crippen LogP contribution in [0.5, 0.6) is 5.88 Å². The molecule has 1 aromatic carbocycles. The lowest BCUT2D eigenvalue weighted by molar-refractivity contribution is -0.138. The molecule has 0 saturated heterocycles. The summed E-state index contributed by atoms with van der Waals surface area (Å²) in [4.78, 5) is 17.8. The fourth-order valence-corrected chi connectivity index (χ4v) is 2.70. The molecule has 2 heterocycles. The zero-order chi connectivity index (χ0) is 14.8. The molecule has 5 nitrogen and oxygen atoms in total. The standard InChI is InChI=1S/C16H16N2O3/c1-21-15-8-4-6-12(17-15)10-18-13-7-3-2-5-11(13)9-14(18)16(19)20/h2-8,14H,9-10H2,1H3,(H,19,20). The molecule has 0 saturated carbocycles. The highest BCUT2D eigenvalue weighted by atomic mass is 16.5. The third-order valence-electron chi connectivity index (χ3n) is 3.70. The maximum absolute atomic E-state index is 11.5. The zero-order valence-electron chi connectivity index (χ0n) is 11.7. The average Bonchev–Trinajstić information content (AvgIpc) is 2.87. The van der Waals surface area contributed by atoms with Crippen LogP contribution in [0.25, 0.3) is 0 Å². The molecule has 108 valence electrons. The molecule has 0 aliphatic carbocycles. The van der Waals surface area contributed by atoms with Gasteiger partial charge in [-0.1, -0.05) is 24.3 Å². The summed E-state index contributed by atoms with van der Waals surface area (Å²) in [5.74, 6) is -0.277. The van der Waals surface area contributed by atoms with Gasteiger partial charge in [-0.25, -0.2) is 9.78 Å². The molecule has 1 atom stereocenters. The van der Waals surface area contributed by atoms with E-state index in [-0.39, 0.29) is 0 Å². The van der Waals surface area contributed by atoms with Crippen molar-refractivity contribution in [1.82, 2.24) is 4.98 Å². The number of nitrogens with zero attached hydrogens (tertiary/aromatic N) is 2. The lowest BCUT2D eigenvalue weighted by Gasteiger charge is -2.24. The Morgan fingerprint density at radius 2 is 2.14 bits per heavy atom. The minimum atomic E-state index is -0.811. The maximum Gasteiger partial charge on any atom is 0.326 e. The summed E-state index contributed by atoms with van der Waals surface area (Å²) in [5, 5.41) is 9.45. The van der Waals surface area contributed by atoms with Gasteiger partial charge in [0.1, 0.15) is 6.04 Å². The SMILES string of the molecule is COc1cccc(CN2c3ccccc3CC2C(=O)O)n1. The quantitative estimate of drug-likeness (QED) is 0.931. The number of hydrogen-bond acceptors (Lipinski definition) is 4. The fraction of sp³-hybridized carbons (Fsp3) is 0.250. The van der Waals surface area contributed by atoms with E-state index in [4.69, 9.17) is 4.74 Å². The summed E-state index contributed by atoms with van der Waals surface area (Å²) >= 11 is 0. The van der Waals surface area contributed by atoms with Gasteiger partial charge in [0.2, 0.25) is 5.88 Å². The van der Waals surface area contributed by atoms with Gasteiger partial charge in [-0.05, 0) is 17.7 Å². The van der Waals surface area contributed by atoms with Crippen LogP contribution in [0.15, 0.2) is 42.5 Å². The summed E-state index contributed by atoms with van der Waals surface area (Å²) in [6.45, 7) is 0.450. The molecule has 0 fully saturated rings. The van der Waals surface area contributed by atoms with E-state index in [1.165, 1.54) is 0 Å². The number of anilines is 1. The molecule has 1 unspecified atom stereocenters. The number of carbonyl (C=O) groups is 1. The second kappa shape index (κ2) is 5.44. The summed E-state index contributed by atoms with van der Waals surface area (Å²) in [6, 6.07) is 12.8. The topological polar surface area (TPSA) is 62.7 Å². The summed E-state index contributed by atoms with van der Waals surface area (Å²) in [7, 11) is 1.57. The van der Waals surface area contributed by atoms with E-state index in [9.17, 15) is 9.90 Å². The molecule has 2 aromatic rings. The molecular formula is C16H16N2O3. The second-order valence-electron chi connectivity index (χ2n) is 4.99. The molecule has 1 aliphatic heterocycles. The molecule has 0 bridgehead atoms. The van der Waals surface area contributed by atoms with Gasteiger partial charge >= 0.3 is 5.97 Å². The van der Waals surface area contributed by atoms with E-state index in [0.717, 1.165) is 16.9 Å². The highest BCUT2D eigenvalue weighted by Gasteiger charge is 2.34. The van der Waals surface area contributed by atoms with Crippen LogP contribution in [0, 0.1) is 0 Å². The number of ether oxygens (including phenoxy) is 1. The molecule has 1 aromatic heterocycles. The van der Waals surface area contributed by atoms with E-state index in [2.05, 4.69) is 4.98 Å². The summed E-state index contributed by atoms with van der Waals surface area (Å²) in [5.41, 5.74) is 2.82. The second-order valence-corrected chi connectivity index (χ2v) is 4.99. The maximum atomic E-state index is 11.5. The van der Waals surface area contributed by atoms with Gasteiger partial charge < -0.3 is 14.7 Å². The van der Waals surface area contributed by atoms with E-state index in [1.54, 1.807) is 13.2 Å². The van der Waals surface area contributed by atoms with E-state index < -0.39 is 12.0 Å². The van der Waals surface area contributed by atoms with Crippen molar-refractivity contribution >= 4 is 11.7 Å². The van der Waals surface area contributed by atoms with E-state index in [1.807, 2.05) is 41.3 Å². The van der Waals surface area contributed by atoms with Crippen LogP contribution >= 0.6 is 0 Å². The first-order valence-electron chi connectivity index (χ1n) is 6.76. The highest BCUT2D eigenvalue weighted by Crippen LogP contribution is 2.33. The van der Waals surface area contributed by atoms with Crippen LogP contribution in [0.4, 0.5) is 5.69 Å². The molecule has 21 heavy (non-hydrogen) atoms. The number of carboxylic acid groups (broad SMARTS) is 1. The van der Waals surface area contributed by atoms with Gasteiger partial charge in [0.15, 0.2) is 0 Å². The number of fused-ring (bicyclic) bond motifs is 1. The molecule has 0 spiro atoms. The predicted octanol–water partition coefficient (Wildman–Crippen LogP) is 2.11. The van der Waals surface area contributed by atoms with Gasteiger partial charge in [0.05, 0.1) is 19.3 Å². The Balaban J connectivity index is 1.92. The molecule has 3 rings (SSSR count). The largest absolute Gasteiger partial charge is 0.481 e. The van der Waals surface area contributed by atoms with Crippen molar-refractivity contribution in [1.29, 1.82) is 0 Å². The minimum Gasteiger partial charge on any atom is -0.481 e. The minimum absolute atomic E-state index is 0.450. The van der Waals surface area contributed by atoms with Crippen molar-refractivity contribution in [3.8, 4) is 5.88 Å². The van der Waals surface area contributed by atoms with E-state index >= 15 is 0 Å². The van der Waals surface area contributed by atoms with E-state index in [0.29, 0.717) is 18.8 Å². The van der Waals surface area contributed by atoms with Crippen LogP contribution in [0.2, 0.25) is 0 Å². The molecule has 1 N–H and O–H groups in total. The number of hydrogen-bond donors (Lipinski definition) is 1.